The molecular weight excluding hydrogens is 254 g/mol. The van der Waals surface area contributed by atoms with Crippen LogP contribution in [0.4, 0.5) is 0 Å². The number of nitrogens with one attached hydrogen (secondary N) is 1. The van der Waals surface area contributed by atoms with Gasteiger partial charge in [0.1, 0.15) is 0 Å². The fourth-order valence-electron chi connectivity index (χ4n) is 2.91. The van der Waals surface area contributed by atoms with E-state index >= 15 is 0 Å². The molecule has 1 aromatic rings. The summed E-state index contributed by atoms with van der Waals surface area (Å²) in [6.45, 7) is 2.37. The predicted octanol–water partition coefficient (Wildman–Crippen LogP) is 2.68. The smallest absolute Gasteiger partial charge is 0.161 e. The Hall–Kier alpha value is -1.26. The Morgan fingerprint density at radius 1 is 1.15 bits per heavy atom. The quantitative estimate of drug-likeness (QED) is 0.918. The van der Waals surface area contributed by atoms with Crippen LogP contribution in [0.25, 0.3) is 0 Å². The van der Waals surface area contributed by atoms with Crippen molar-refractivity contribution in [3.05, 3.63) is 23.8 Å². The van der Waals surface area contributed by atoms with Gasteiger partial charge in [-0.25, -0.2) is 0 Å². The van der Waals surface area contributed by atoms with Gasteiger partial charge >= 0.3 is 0 Å². The third-order valence-electron chi connectivity index (χ3n) is 4.04. The van der Waals surface area contributed by atoms with Crippen LogP contribution in [0, 0.1) is 0 Å². The molecule has 0 aliphatic carbocycles. The van der Waals surface area contributed by atoms with Crippen molar-refractivity contribution < 1.29 is 14.2 Å². The van der Waals surface area contributed by atoms with Gasteiger partial charge in [0.25, 0.3) is 0 Å². The van der Waals surface area contributed by atoms with Crippen LogP contribution >= 0.6 is 0 Å². The number of benzene rings is 1. The molecular formula is C16H23NO3. The zero-order chi connectivity index (χ0) is 13.8. The van der Waals surface area contributed by atoms with Gasteiger partial charge in [0, 0.05) is 19.1 Å². The van der Waals surface area contributed by atoms with Crippen molar-refractivity contribution in [2.24, 2.45) is 0 Å². The second kappa shape index (κ2) is 6.46. The van der Waals surface area contributed by atoms with Crippen molar-refractivity contribution >= 4 is 0 Å². The summed E-state index contributed by atoms with van der Waals surface area (Å²) in [5.74, 6) is 1.73. The summed E-state index contributed by atoms with van der Waals surface area (Å²) in [7, 11) is 2.00. The van der Waals surface area contributed by atoms with Crippen LogP contribution in [-0.4, -0.2) is 33.0 Å². The summed E-state index contributed by atoms with van der Waals surface area (Å²) < 4.78 is 17.2. The van der Waals surface area contributed by atoms with Crippen LogP contribution in [0.5, 0.6) is 11.5 Å². The molecule has 2 aliphatic rings. The Morgan fingerprint density at radius 2 is 2.00 bits per heavy atom. The van der Waals surface area contributed by atoms with E-state index in [1.807, 2.05) is 13.1 Å². The number of fused-ring (bicyclic) bond motifs is 1. The van der Waals surface area contributed by atoms with E-state index < -0.39 is 0 Å². The number of ether oxygens (including phenoxy) is 3. The molecule has 4 heteroatoms. The molecule has 0 amide bonds. The molecule has 2 atom stereocenters. The Bertz CT molecular complexity index is 443. The zero-order valence-electron chi connectivity index (χ0n) is 12.1. The lowest BCUT2D eigenvalue weighted by molar-refractivity contribution is 0.0953. The second-order valence-electron chi connectivity index (χ2n) is 5.47. The van der Waals surface area contributed by atoms with E-state index in [-0.39, 0.29) is 0 Å². The number of hydrogen-bond donors (Lipinski definition) is 1. The van der Waals surface area contributed by atoms with Crippen LogP contribution in [0.15, 0.2) is 18.2 Å². The Balaban J connectivity index is 1.75. The first-order valence-electron chi connectivity index (χ1n) is 7.55. The van der Waals surface area contributed by atoms with Gasteiger partial charge < -0.3 is 19.5 Å². The van der Waals surface area contributed by atoms with Crippen LogP contribution in [0.1, 0.15) is 37.3 Å². The maximum absolute atomic E-state index is 5.77. The highest BCUT2D eigenvalue weighted by Gasteiger charge is 2.22. The topological polar surface area (TPSA) is 39.7 Å². The van der Waals surface area contributed by atoms with Gasteiger partial charge in [-0.1, -0.05) is 6.07 Å². The third kappa shape index (κ3) is 3.07. The van der Waals surface area contributed by atoms with Crippen LogP contribution in [-0.2, 0) is 4.74 Å². The molecule has 1 saturated heterocycles. The summed E-state index contributed by atoms with van der Waals surface area (Å²) in [6.07, 6.45) is 4.68. The van der Waals surface area contributed by atoms with Crippen molar-refractivity contribution in [1.82, 2.24) is 5.32 Å². The molecule has 1 N–H and O–H groups in total. The van der Waals surface area contributed by atoms with Gasteiger partial charge in [-0.15, -0.1) is 0 Å². The first kappa shape index (κ1) is 13.7. The SMILES string of the molecule is CNC(CC1CCCO1)c1ccc2c(c1)OCCCO2. The van der Waals surface area contributed by atoms with Crippen molar-refractivity contribution in [2.75, 3.05) is 26.9 Å². The molecule has 4 nitrogen and oxygen atoms in total. The second-order valence-corrected chi connectivity index (χ2v) is 5.47. The van der Waals surface area contributed by atoms with Crippen molar-refractivity contribution in [3.8, 4) is 11.5 Å². The molecule has 0 saturated carbocycles. The van der Waals surface area contributed by atoms with Crippen LogP contribution in [0.2, 0.25) is 0 Å². The molecule has 2 aliphatic heterocycles. The van der Waals surface area contributed by atoms with E-state index in [1.165, 1.54) is 18.4 Å². The van der Waals surface area contributed by atoms with Crippen LogP contribution < -0.4 is 14.8 Å². The Morgan fingerprint density at radius 3 is 2.75 bits per heavy atom. The lowest BCUT2D eigenvalue weighted by atomic mass is 9.99. The molecule has 1 fully saturated rings. The molecule has 0 aromatic heterocycles. The molecule has 0 bridgehead atoms. The van der Waals surface area contributed by atoms with E-state index in [0.29, 0.717) is 12.1 Å². The summed E-state index contributed by atoms with van der Waals surface area (Å²) >= 11 is 0. The van der Waals surface area contributed by atoms with E-state index in [2.05, 4.69) is 17.4 Å². The summed E-state index contributed by atoms with van der Waals surface area (Å²) in [5.41, 5.74) is 1.24. The lowest BCUT2D eigenvalue weighted by Crippen LogP contribution is -2.22. The Kier molecular flexibility index (Phi) is 4.43. The van der Waals surface area contributed by atoms with Crippen molar-refractivity contribution in [3.63, 3.8) is 0 Å². The van der Waals surface area contributed by atoms with Gasteiger partial charge in [-0.05, 0) is 44.0 Å². The minimum Gasteiger partial charge on any atom is -0.490 e. The summed E-state index contributed by atoms with van der Waals surface area (Å²) in [5, 5.41) is 3.39. The molecule has 0 radical (unpaired) electrons. The van der Waals surface area contributed by atoms with Gasteiger partial charge in [-0.2, -0.15) is 0 Å². The van der Waals surface area contributed by atoms with Gasteiger partial charge in [0.05, 0.1) is 19.3 Å². The third-order valence-corrected chi connectivity index (χ3v) is 4.04. The molecule has 110 valence electrons. The average Bonchev–Trinajstić information content (AvgIpc) is 2.87. The molecule has 1 aromatic carbocycles. The molecule has 2 unspecified atom stereocenters. The summed E-state index contributed by atoms with van der Waals surface area (Å²) in [4.78, 5) is 0. The minimum atomic E-state index is 0.301. The minimum absolute atomic E-state index is 0.301. The van der Waals surface area contributed by atoms with E-state index in [9.17, 15) is 0 Å². The van der Waals surface area contributed by atoms with Gasteiger partial charge in [0.2, 0.25) is 0 Å². The molecule has 3 rings (SSSR count). The zero-order valence-corrected chi connectivity index (χ0v) is 12.1. The highest BCUT2D eigenvalue weighted by molar-refractivity contribution is 5.44. The van der Waals surface area contributed by atoms with Crippen LogP contribution in [0.3, 0.4) is 0 Å². The largest absolute Gasteiger partial charge is 0.490 e. The monoisotopic (exact) mass is 277 g/mol. The molecule has 20 heavy (non-hydrogen) atoms. The predicted molar refractivity (Wildman–Crippen MR) is 77.4 cm³/mol. The maximum atomic E-state index is 5.77. The van der Waals surface area contributed by atoms with E-state index in [4.69, 9.17) is 14.2 Å². The van der Waals surface area contributed by atoms with Gasteiger partial charge in [-0.3, -0.25) is 0 Å². The van der Waals surface area contributed by atoms with E-state index in [0.717, 1.165) is 44.2 Å². The number of rotatable bonds is 4. The first-order chi connectivity index (χ1) is 9.86. The molecule has 0 spiro atoms. The lowest BCUT2D eigenvalue weighted by Gasteiger charge is -2.21. The normalized spacial score (nSPS) is 23.4. The standard InChI is InChI=1S/C16H23NO3/c1-17-14(11-13-4-2-7-18-13)12-5-6-15-16(10-12)20-9-3-8-19-15/h5-6,10,13-14,17H,2-4,7-9,11H2,1H3. The first-order valence-corrected chi connectivity index (χ1v) is 7.55. The average molecular weight is 277 g/mol. The van der Waals surface area contributed by atoms with Crippen molar-refractivity contribution in [2.45, 2.75) is 37.8 Å². The Labute approximate surface area is 120 Å². The summed E-state index contributed by atoms with van der Waals surface area (Å²) in [6, 6.07) is 6.56. The van der Waals surface area contributed by atoms with Gasteiger partial charge in [0.15, 0.2) is 11.5 Å². The van der Waals surface area contributed by atoms with Crippen molar-refractivity contribution in [1.29, 1.82) is 0 Å². The fourth-order valence-corrected chi connectivity index (χ4v) is 2.91. The maximum Gasteiger partial charge on any atom is 0.161 e. The highest BCUT2D eigenvalue weighted by atomic mass is 16.5. The number of hydrogen-bond acceptors (Lipinski definition) is 4. The van der Waals surface area contributed by atoms with E-state index in [1.54, 1.807) is 0 Å². The fraction of sp³-hybridized carbons (Fsp3) is 0.625. The highest BCUT2D eigenvalue weighted by Crippen LogP contribution is 2.34. The molecule has 2 heterocycles.